The molecule has 0 unspecified atom stereocenters. The Morgan fingerprint density at radius 1 is 1.33 bits per heavy atom. The number of nitrogens with one attached hydrogen (secondary N) is 2. The fourth-order valence-electron chi connectivity index (χ4n) is 1.59. The van der Waals surface area contributed by atoms with Crippen molar-refractivity contribution in [3.8, 4) is 0 Å². The van der Waals surface area contributed by atoms with Crippen molar-refractivity contribution >= 4 is 17.5 Å². The SMILES string of the molecule is COCCNCC(=O)Nc1ccc(F)c(C(=O)N(C)C)c1. The second-order valence-corrected chi connectivity index (χ2v) is 4.61. The molecular formula is C14H20FN3O3. The highest BCUT2D eigenvalue weighted by Gasteiger charge is 2.15. The van der Waals surface area contributed by atoms with Gasteiger partial charge < -0.3 is 20.3 Å². The van der Waals surface area contributed by atoms with E-state index in [1.807, 2.05) is 0 Å². The van der Waals surface area contributed by atoms with Crippen molar-refractivity contribution in [2.24, 2.45) is 0 Å². The van der Waals surface area contributed by atoms with E-state index in [9.17, 15) is 14.0 Å². The Morgan fingerprint density at radius 3 is 2.67 bits per heavy atom. The summed E-state index contributed by atoms with van der Waals surface area (Å²) >= 11 is 0. The second-order valence-electron chi connectivity index (χ2n) is 4.61. The summed E-state index contributed by atoms with van der Waals surface area (Å²) < 4.78 is 18.5. The first-order valence-corrected chi connectivity index (χ1v) is 6.46. The number of hydrogen-bond donors (Lipinski definition) is 2. The average molecular weight is 297 g/mol. The van der Waals surface area contributed by atoms with Gasteiger partial charge in [0.2, 0.25) is 5.91 Å². The molecule has 0 saturated carbocycles. The zero-order chi connectivity index (χ0) is 15.8. The topological polar surface area (TPSA) is 70.7 Å². The van der Waals surface area contributed by atoms with Gasteiger partial charge in [0, 0.05) is 33.4 Å². The van der Waals surface area contributed by atoms with Crippen molar-refractivity contribution in [1.29, 1.82) is 0 Å². The largest absolute Gasteiger partial charge is 0.383 e. The van der Waals surface area contributed by atoms with Crippen LogP contribution < -0.4 is 10.6 Å². The molecule has 2 amide bonds. The van der Waals surface area contributed by atoms with Crippen molar-refractivity contribution in [3.05, 3.63) is 29.6 Å². The Labute approximate surface area is 123 Å². The Hall–Kier alpha value is -1.99. The van der Waals surface area contributed by atoms with E-state index in [1.54, 1.807) is 7.11 Å². The molecule has 0 fully saturated rings. The molecule has 0 spiro atoms. The molecule has 0 bridgehead atoms. The molecule has 0 aliphatic rings. The molecule has 1 aromatic carbocycles. The van der Waals surface area contributed by atoms with Gasteiger partial charge in [-0.25, -0.2) is 4.39 Å². The van der Waals surface area contributed by atoms with Gasteiger partial charge in [-0.1, -0.05) is 0 Å². The van der Waals surface area contributed by atoms with E-state index in [0.717, 1.165) is 6.07 Å². The minimum atomic E-state index is -0.620. The highest BCUT2D eigenvalue weighted by atomic mass is 19.1. The number of carbonyl (C=O) groups is 2. The van der Waals surface area contributed by atoms with E-state index in [-0.39, 0.29) is 18.0 Å². The summed E-state index contributed by atoms with van der Waals surface area (Å²) in [6, 6.07) is 3.89. The van der Waals surface area contributed by atoms with Gasteiger partial charge >= 0.3 is 0 Å². The van der Waals surface area contributed by atoms with Crippen LogP contribution in [0.3, 0.4) is 0 Å². The van der Waals surface area contributed by atoms with E-state index in [2.05, 4.69) is 10.6 Å². The van der Waals surface area contributed by atoms with Gasteiger partial charge in [0.15, 0.2) is 0 Å². The van der Waals surface area contributed by atoms with Crippen molar-refractivity contribution < 1.29 is 18.7 Å². The Morgan fingerprint density at radius 2 is 2.05 bits per heavy atom. The molecule has 0 aromatic heterocycles. The quantitative estimate of drug-likeness (QED) is 0.727. The molecule has 0 saturated heterocycles. The molecule has 0 heterocycles. The highest BCUT2D eigenvalue weighted by Crippen LogP contribution is 2.16. The molecule has 1 rings (SSSR count). The van der Waals surface area contributed by atoms with Crippen LogP contribution in [0.1, 0.15) is 10.4 Å². The molecule has 6 nitrogen and oxygen atoms in total. The monoisotopic (exact) mass is 297 g/mol. The maximum absolute atomic E-state index is 13.6. The predicted octanol–water partition coefficient (Wildman–Crippen LogP) is 0.702. The lowest BCUT2D eigenvalue weighted by Gasteiger charge is -2.12. The fraction of sp³-hybridized carbons (Fsp3) is 0.429. The first-order chi connectivity index (χ1) is 9.95. The number of nitrogens with zero attached hydrogens (tertiary/aromatic N) is 1. The smallest absolute Gasteiger partial charge is 0.256 e. The summed E-state index contributed by atoms with van der Waals surface area (Å²) in [6.45, 7) is 1.17. The molecule has 2 N–H and O–H groups in total. The zero-order valence-electron chi connectivity index (χ0n) is 12.4. The molecule has 0 aliphatic heterocycles. The average Bonchev–Trinajstić information content (AvgIpc) is 2.45. The van der Waals surface area contributed by atoms with Gasteiger partial charge in [0.25, 0.3) is 5.91 Å². The molecule has 1 aromatic rings. The van der Waals surface area contributed by atoms with Crippen molar-refractivity contribution in [2.45, 2.75) is 0 Å². The van der Waals surface area contributed by atoms with Crippen molar-refractivity contribution in [1.82, 2.24) is 10.2 Å². The summed E-state index contributed by atoms with van der Waals surface area (Å²) in [7, 11) is 4.64. The standard InChI is InChI=1S/C14H20FN3O3/c1-18(2)14(20)11-8-10(4-5-12(11)15)17-13(19)9-16-6-7-21-3/h4-5,8,16H,6-7,9H2,1-3H3,(H,17,19). The Balaban J connectivity index is 2.66. The van der Waals surface area contributed by atoms with Crippen LogP contribution >= 0.6 is 0 Å². The van der Waals surface area contributed by atoms with Gasteiger partial charge in [0.05, 0.1) is 18.7 Å². The van der Waals surface area contributed by atoms with Crippen LogP contribution in [0.4, 0.5) is 10.1 Å². The third kappa shape index (κ3) is 5.49. The first-order valence-electron chi connectivity index (χ1n) is 6.46. The zero-order valence-corrected chi connectivity index (χ0v) is 12.4. The van der Waals surface area contributed by atoms with E-state index in [4.69, 9.17) is 4.74 Å². The van der Waals surface area contributed by atoms with E-state index in [1.165, 1.54) is 31.1 Å². The van der Waals surface area contributed by atoms with Gasteiger partial charge in [0.1, 0.15) is 5.82 Å². The molecule has 0 atom stereocenters. The van der Waals surface area contributed by atoms with E-state index < -0.39 is 11.7 Å². The van der Waals surface area contributed by atoms with Crippen LogP contribution in [0.5, 0.6) is 0 Å². The van der Waals surface area contributed by atoms with Gasteiger partial charge in [-0.15, -0.1) is 0 Å². The van der Waals surface area contributed by atoms with Crippen LogP contribution in [0.2, 0.25) is 0 Å². The number of rotatable bonds is 7. The summed E-state index contributed by atoms with van der Waals surface area (Å²) in [5, 5.41) is 5.49. The summed E-state index contributed by atoms with van der Waals surface area (Å²) in [4.78, 5) is 24.7. The number of anilines is 1. The van der Waals surface area contributed by atoms with E-state index >= 15 is 0 Å². The molecule has 7 heteroatoms. The van der Waals surface area contributed by atoms with Gasteiger partial charge in [-0.2, -0.15) is 0 Å². The summed E-state index contributed by atoms with van der Waals surface area (Å²) in [6.07, 6.45) is 0. The third-order valence-corrected chi connectivity index (χ3v) is 2.66. The Bertz CT molecular complexity index is 506. The second kappa shape index (κ2) is 8.33. The van der Waals surface area contributed by atoms with Gasteiger partial charge in [-0.05, 0) is 18.2 Å². The summed E-state index contributed by atoms with van der Waals surface area (Å²) in [5.74, 6) is -1.35. The van der Waals surface area contributed by atoms with Crippen molar-refractivity contribution in [2.75, 3.05) is 46.2 Å². The first kappa shape index (κ1) is 17.1. The lowest BCUT2D eigenvalue weighted by Crippen LogP contribution is -2.30. The van der Waals surface area contributed by atoms with Crippen LogP contribution in [0, 0.1) is 5.82 Å². The maximum atomic E-state index is 13.6. The van der Waals surface area contributed by atoms with Crippen LogP contribution in [0.15, 0.2) is 18.2 Å². The molecule has 0 aliphatic carbocycles. The van der Waals surface area contributed by atoms with Gasteiger partial charge in [-0.3, -0.25) is 9.59 Å². The number of halogens is 1. The molecule has 0 radical (unpaired) electrons. The lowest BCUT2D eigenvalue weighted by atomic mass is 10.1. The fourth-order valence-corrected chi connectivity index (χ4v) is 1.59. The minimum Gasteiger partial charge on any atom is -0.383 e. The third-order valence-electron chi connectivity index (χ3n) is 2.66. The normalized spacial score (nSPS) is 10.3. The van der Waals surface area contributed by atoms with Crippen LogP contribution in [-0.4, -0.2) is 57.6 Å². The highest BCUT2D eigenvalue weighted by molar-refractivity contribution is 5.97. The molecular weight excluding hydrogens is 277 g/mol. The van der Waals surface area contributed by atoms with E-state index in [0.29, 0.717) is 18.8 Å². The lowest BCUT2D eigenvalue weighted by molar-refractivity contribution is -0.115. The number of benzene rings is 1. The summed E-state index contributed by atoms with van der Waals surface area (Å²) in [5.41, 5.74) is 0.297. The number of amides is 2. The molecule has 116 valence electrons. The maximum Gasteiger partial charge on any atom is 0.256 e. The predicted molar refractivity (Wildman–Crippen MR) is 77.8 cm³/mol. The number of carbonyl (C=O) groups excluding carboxylic acids is 2. The van der Waals surface area contributed by atoms with Crippen LogP contribution in [0.25, 0.3) is 0 Å². The Kier molecular flexibility index (Phi) is 6.77. The molecule has 21 heavy (non-hydrogen) atoms. The number of methoxy groups -OCH3 is 1. The van der Waals surface area contributed by atoms with Crippen molar-refractivity contribution in [3.63, 3.8) is 0 Å². The number of ether oxygens (including phenoxy) is 1. The minimum absolute atomic E-state index is 0.0786. The van der Waals surface area contributed by atoms with Crippen LogP contribution in [-0.2, 0) is 9.53 Å². The number of hydrogen-bond acceptors (Lipinski definition) is 4.